The monoisotopic (exact) mass is 497 g/mol. The van der Waals surface area contributed by atoms with E-state index < -0.39 is 0 Å². The molecule has 0 amide bonds. The van der Waals surface area contributed by atoms with E-state index >= 15 is 0 Å². The molecule has 0 bridgehead atoms. The van der Waals surface area contributed by atoms with E-state index in [1.54, 1.807) is 12.1 Å². The second kappa shape index (κ2) is 8.99. The second-order valence-corrected chi connectivity index (χ2v) is 9.54. The van der Waals surface area contributed by atoms with Crippen molar-refractivity contribution in [2.75, 3.05) is 17.7 Å². The Balaban J connectivity index is 1.38. The summed E-state index contributed by atoms with van der Waals surface area (Å²) in [4.78, 5) is 15.6. The molecule has 3 aromatic rings. The summed E-state index contributed by atoms with van der Waals surface area (Å²) in [5.41, 5.74) is 10.3. The molecule has 1 atom stereocenters. The van der Waals surface area contributed by atoms with Crippen molar-refractivity contribution < 1.29 is 9.13 Å². The smallest absolute Gasteiger partial charge is 0.141 e. The van der Waals surface area contributed by atoms with Gasteiger partial charge in [0.05, 0.1) is 35.2 Å². The Morgan fingerprint density at radius 3 is 2.92 bits per heavy atom. The van der Waals surface area contributed by atoms with Gasteiger partial charge in [-0.25, -0.2) is 19.4 Å². The number of nitrogens with one attached hydrogen (secondary N) is 2. The summed E-state index contributed by atoms with van der Waals surface area (Å²) in [6, 6.07) is 10.6. The van der Waals surface area contributed by atoms with Gasteiger partial charge in [-0.05, 0) is 43.0 Å². The predicted molar refractivity (Wildman–Crippen MR) is 143 cm³/mol. The number of ether oxygens (including phenoxy) is 1. The van der Waals surface area contributed by atoms with E-state index in [0.717, 1.165) is 36.4 Å². The van der Waals surface area contributed by atoms with Gasteiger partial charge in [-0.2, -0.15) is 0 Å². The molecular weight excluding hydrogens is 469 g/mol. The van der Waals surface area contributed by atoms with Crippen LogP contribution in [-0.4, -0.2) is 45.1 Å². The molecule has 6 rings (SSSR count). The highest BCUT2D eigenvalue weighted by Gasteiger charge is 2.40. The summed E-state index contributed by atoms with van der Waals surface area (Å²) in [6.45, 7) is 6.94. The number of halogens is 1. The van der Waals surface area contributed by atoms with E-state index in [-0.39, 0.29) is 29.4 Å². The van der Waals surface area contributed by atoms with E-state index in [1.165, 1.54) is 12.4 Å². The Kier molecular flexibility index (Phi) is 5.62. The molecule has 3 aliphatic rings. The molecule has 1 fully saturated rings. The van der Waals surface area contributed by atoms with Crippen LogP contribution in [-0.2, 0) is 6.42 Å². The van der Waals surface area contributed by atoms with Gasteiger partial charge in [0.2, 0.25) is 0 Å². The molecule has 3 heterocycles. The van der Waals surface area contributed by atoms with E-state index in [9.17, 15) is 4.39 Å². The summed E-state index contributed by atoms with van der Waals surface area (Å²) in [5, 5.41) is 12.5. The Hall–Kier alpha value is -4.27. The van der Waals surface area contributed by atoms with Crippen LogP contribution in [0.4, 0.5) is 21.7 Å². The molecule has 1 saturated carbocycles. The maximum atomic E-state index is 14.7. The van der Waals surface area contributed by atoms with E-state index in [4.69, 9.17) is 20.9 Å². The lowest BCUT2D eigenvalue weighted by atomic mass is 10.00. The lowest BCUT2D eigenvalue weighted by molar-refractivity contribution is 0.357. The van der Waals surface area contributed by atoms with Gasteiger partial charge in [0.25, 0.3) is 0 Å². The van der Waals surface area contributed by atoms with Gasteiger partial charge in [0.1, 0.15) is 35.4 Å². The molecule has 0 saturated heterocycles. The standard InChI is InChI=1S/C28H28FN7O/c1-3-20(28-35-21-6-4-5-19(29)23(21)15(2)36(28)18-9-10-18)34-27-24(26(31)32-14-33-27)25(30)17-8-7-16-11-12-37-22(16)13-17/h4-8,13-14,18,20,30H,2-3,9-12H2,1H3,(H3,31,32,33,34). The first-order valence-electron chi connectivity index (χ1n) is 12.5. The number of anilines is 2. The minimum Gasteiger partial charge on any atom is -0.493 e. The van der Waals surface area contributed by atoms with Crippen molar-refractivity contribution in [1.29, 1.82) is 5.41 Å². The number of nitrogens with zero attached hydrogens (tertiary/aromatic N) is 4. The quantitative estimate of drug-likeness (QED) is 0.400. The van der Waals surface area contributed by atoms with E-state index in [2.05, 4.69) is 26.8 Å². The van der Waals surface area contributed by atoms with Crippen molar-refractivity contribution in [2.24, 2.45) is 4.99 Å². The number of rotatable bonds is 7. The summed E-state index contributed by atoms with van der Waals surface area (Å²) in [7, 11) is 0. The highest BCUT2D eigenvalue weighted by molar-refractivity contribution is 6.16. The number of hydrogen-bond acceptors (Lipinski definition) is 8. The Morgan fingerprint density at radius 1 is 1.30 bits per heavy atom. The largest absolute Gasteiger partial charge is 0.493 e. The molecular formula is C28H28FN7O. The zero-order valence-electron chi connectivity index (χ0n) is 20.6. The SMILES string of the molecule is C=C1c2c(F)cccc2N=C(C(CC)Nc2ncnc(N)c2C(=N)c2ccc3c(c2)OCC3)N1C1CC1. The fourth-order valence-electron chi connectivity index (χ4n) is 5.05. The van der Waals surface area contributed by atoms with Gasteiger partial charge in [-0.15, -0.1) is 0 Å². The highest BCUT2D eigenvalue weighted by atomic mass is 19.1. The molecule has 9 heteroatoms. The lowest BCUT2D eigenvalue weighted by Crippen LogP contribution is -2.44. The van der Waals surface area contributed by atoms with Crippen LogP contribution in [0, 0.1) is 11.2 Å². The number of nitrogens with two attached hydrogens (primary N) is 1. The summed E-state index contributed by atoms with van der Waals surface area (Å²) >= 11 is 0. The van der Waals surface area contributed by atoms with Crippen LogP contribution in [0.25, 0.3) is 5.70 Å². The lowest BCUT2D eigenvalue weighted by Gasteiger charge is -2.36. The minimum atomic E-state index is -0.324. The number of aromatic nitrogens is 2. The van der Waals surface area contributed by atoms with Crippen LogP contribution in [0.2, 0.25) is 0 Å². The van der Waals surface area contributed by atoms with Crippen molar-refractivity contribution in [1.82, 2.24) is 14.9 Å². The molecule has 8 nitrogen and oxygen atoms in total. The first kappa shape index (κ1) is 23.1. The molecule has 37 heavy (non-hydrogen) atoms. The third-order valence-electron chi connectivity index (χ3n) is 7.11. The van der Waals surface area contributed by atoms with Crippen molar-refractivity contribution >= 4 is 34.6 Å². The second-order valence-electron chi connectivity index (χ2n) is 9.54. The fourth-order valence-corrected chi connectivity index (χ4v) is 5.05. The number of amidine groups is 1. The van der Waals surface area contributed by atoms with Gasteiger partial charge >= 0.3 is 0 Å². The topological polar surface area (TPSA) is 113 Å². The van der Waals surface area contributed by atoms with Gasteiger partial charge in [0.15, 0.2) is 0 Å². The Morgan fingerprint density at radius 2 is 2.14 bits per heavy atom. The normalized spacial score (nSPS) is 17.0. The van der Waals surface area contributed by atoms with Crippen molar-refractivity contribution in [3.8, 4) is 5.75 Å². The van der Waals surface area contributed by atoms with Crippen molar-refractivity contribution in [3.05, 3.63) is 77.4 Å². The van der Waals surface area contributed by atoms with Gasteiger partial charge in [0, 0.05) is 23.7 Å². The van der Waals surface area contributed by atoms with Crippen LogP contribution in [0.5, 0.6) is 5.75 Å². The van der Waals surface area contributed by atoms with Gasteiger partial charge in [-0.1, -0.05) is 31.7 Å². The highest BCUT2D eigenvalue weighted by Crippen LogP contribution is 2.42. The number of aliphatic imine (C=N–C) groups is 1. The number of fused-ring (bicyclic) bond motifs is 2. The molecule has 2 aromatic carbocycles. The number of benzene rings is 2. The third-order valence-corrected chi connectivity index (χ3v) is 7.11. The maximum Gasteiger partial charge on any atom is 0.141 e. The first-order chi connectivity index (χ1) is 18.0. The summed E-state index contributed by atoms with van der Waals surface area (Å²) < 4.78 is 20.4. The Labute approximate surface area is 214 Å². The zero-order chi connectivity index (χ0) is 25.7. The number of nitrogen functional groups attached to an aromatic ring is 1. The summed E-state index contributed by atoms with van der Waals surface area (Å²) in [6.07, 6.45) is 4.91. The Bertz CT molecular complexity index is 1460. The zero-order valence-corrected chi connectivity index (χ0v) is 20.6. The van der Waals surface area contributed by atoms with Gasteiger partial charge in [-0.3, -0.25) is 5.41 Å². The molecule has 1 aliphatic carbocycles. The van der Waals surface area contributed by atoms with Crippen LogP contribution < -0.4 is 15.8 Å². The molecule has 0 radical (unpaired) electrons. The molecule has 2 aliphatic heterocycles. The predicted octanol–water partition coefficient (Wildman–Crippen LogP) is 4.92. The maximum absolute atomic E-state index is 14.7. The summed E-state index contributed by atoms with van der Waals surface area (Å²) in [5.74, 6) is 1.88. The third kappa shape index (κ3) is 4.00. The fraction of sp³-hybridized carbons (Fsp3) is 0.286. The van der Waals surface area contributed by atoms with Crippen LogP contribution in [0.15, 0.2) is 54.3 Å². The minimum absolute atomic E-state index is 0.204. The van der Waals surface area contributed by atoms with Crippen LogP contribution in [0.3, 0.4) is 0 Å². The average Bonchev–Trinajstić information content (AvgIpc) is 3.61. The van der Waals surface area contributed by atoms with Crippen LogP contribution in [0.1, 0.15) is 48.4 Å². The van der Waals surface area contributed by atoms with Crippen LogP contribution >= 0.6 is 0 Å². The molecule has 0 spiro atoms. The number of hydrogen-bond donors (Lipinski definition) is 3. The van der Waals surface area contributed by atoms with Crippen molar-refractivity contribution in [2.45, 2.75) is 44.7 Å². The molecule has 1 unspecified atom stereocenters. The first-order valence-corrected chi connectivity index (χ1v) is 12.5. The van der Waals surface area contributed by atoms with Gasteiger partial charge < -0.3 is 20.7 Å². The van der Waals surface area contributed by atoms with E-state index in [0.29, 0.717) is 46.9 Å². The van der Waals surface area contributed by atoms with E-state index in [1.807, 2.05) is 25.1 Å². The van der Waals surface area contributed by atoms with Crippen molar-refractivity contribution in [3.63, 3.8) is 0 Å². The molecule has 188 valence electrons. The average molecular weight is 498 g/mol. The molecule has 1 aromatic heterocycles. The molecule has 4 N–H and O–H groups in total.